The lowest BCUT2D eigenvalue weighted by Crippen LogP contribution is -2.00. The summed E-state index contributed by atoms with van der Waals surface area (Å²) in [6, 6.07) is 4.06. The molecule has 0 N–H and O–H groups in total. The molecule has 0 atom stereocenters. The van der Waals surface area contributed by atoms with Crippen molar-refractivity contribution in [2.45, 2.75) is 33.7 Å². The summed E-state index contributed by atoms with van der Waals surface area (Å²) < 4.78 is 8.99. The standard InChI is InChI=1S/C11H11BrN2O.C2H6/c1-7-13-9-5-8(12)6-10-11(9)14(7)3-2-4-15-10;1-2/h5-6H,2-4H2,1H3;1-2H3. The molecule has 0 amide bonds. The third-order valence-electron chi connectivity index (χ3n) is 2.75. The molecule has 0 unspecified atom stereocenters. The van der Waals surface area contributed by atoms with Crippen LogP contribution >= 0.6 is 15.9 Å². The van der Waals surface area contributed by atoms with Gasteiger partial charge >= 0.3 is 0 Å². The molecule has 1 aliphatic heterocycles. The first-order chi connectivity index (χ1) is 8.25. The van der Waals surface area contributed by atoms with E-state index in [0.717, 1.165) is 46.7 Å². The van der Waals surface area contributed by atoms with Crippen molar-refractivity contribution in [2.24, 2.45) is 0 Å². The quantitative estimate of drug-likeness (QED) is 0.737. The summed E-state index contributed by atoms with van der Waals surface area (Å²) in [5.41, 5.74) is 2.15. The van der Waals surface area contributed by atoms with Gasteiger partial charge in [0, 0.05) is 11.0 Å². The second-order valence-corrected chi connectivity index (χ2v) is 4.70. The van der Waals surface area contributed by atoms with E-state index in [1.54, 1.807) is 0 Å². The highest BCUT2D eigenvalue weighted by atomic mass is 79.9. The summed E-state index contributed by atoms with van der Waals surface area (Å²) in [7, 11) is 0. The molecule has 1 aromatic heterocycles. The molecule has 3 nitrogen and oxygen atoms in total. The Morgan fingerprint density at radius 3 is 2.88 bits per heavy atom. The van der Waals surface area contributed by atoms with E-state index < -0.39 is 0 Å². The highest BCUT2D eigenvalue weighted by Crippen LogP contribution is 2.32. The van der Waals surface area contributed by atoms with Crippen molar-refractivity contribution < 1.29 is 4.74 Å². The third-order valence-corrected chi connectivity index (χ3v) is 3.20. The number of hydrogen-bond donors (Lipinski definition) is 0. The molecule has 0 fully saturated rings. The second-order valence-electron chi connectivity index (χ2n) is 3.78. The molecule has 92 valence electrons. The molecule has 0 saturated carbocycles. The van der Waals surface area contributed by atoms with Crippen LogP contribution in [0.15, 0.2) is 16.6 Å². The van der Waals surface area contributed by atoms with Crippen LogP contribution in [0.2, 0.25) is 0 Å². The van der Waals surface area contributed by atoms with E-state index in [4.69, 9.17) is 4.74 Å². The molecule has 0 saturated heterocycles. The van der Waals surface area contributed by atoms with Crippen molar-refractivity contribution in [2.75, 3.05) is 6.61 Å². The van der Waals surface area contributed by atoms with Crippen LogP contribution in [-0.2, 0) is 6.54 Å². The zero-order valence-electron chi connectivity index (χ0n) is 10.5. The van der Waals surface area contributed by atoms with Crippen LogP contribution in [0, 0.1) is 6.92 Å². The highest BCUT2D eigenvalue weighted by molar-refractivity contribution is 9.10. The van der Waals surface area contributed by atoms with Gasteiger partial charge in [-0.05, 0) is 25.5 Å². The van der Waals surface area contributed by atoms with Gasteiger partial charge in [-0.1, -0.05) is 29.8 Å². The lowest BCUT2D eigenvalue weighted by atomic mass is 10.3. The Bertz CT molecular complexity index is 534. The number of ether oxygens (including phenoxy) is 1. The summed E-state index contributed by atoms with van der Waals surface area (Å²) in [6.07, 6.45) is 1.04. The first-order valence-electron chi connectivity index (χ1n) is 6.05. The zero-order chi connectivity index (χ0) is 12.4. The van der Waals surface area contributed by atoms with Crippen molar-refractivity contribution in [3.8, 4) is 5.75 Å². The Kier molecular flexibility index (Phi) is 3.72. The fourth-order valence-corrected chi connectivity index (χ4v) is 2.53. The minimum Gasteiger partial charge on any atom is -0.491 e. The maximum absolute atomic E-state index is 5.72. The molecule has 3 rings (SSSR count). The average Bonchev–Trinajstić information content (AvgIpc) is 2.51. The van der Waals surface area contributed by atoms with Gasteiger partial charge in [0.05, 0.1) is 12.1 Å². The molecule has 0 radical (unpaired) electrons. The van der Waals surface area contributed by atoms with Gasteiger partial charge in [0.15, 0.2) is 0 Å². The molecular formula is C13H17BrN2O. The molecule has 1 aromatic carbocycles. The number of rotatable bonds is 0. The number of aromatic nitrogens is 2. The third kappa shape index (κ3) is 2.18. The Balaban J connectivity index is 0.000000514. The topological polar surface area (TPSA) is 27.1 Å². The molecule has 0 aliphatic carbocycles. The van der Waals surface area contributed by atoms with E-state index in [0.29, 0.717) is 0 Å². The highest BCUT2D eigenvalue weighted by Gasteiger charge is 2.16. The molecule has 0 bridgehead atoms. The van der Waals surface area contributed by atoms with E-state index in [1.165, 1.54) is 0 Å². The number of aryl methyl sites for hydroxylation is 2. The smallest absolute Gasteiger partial charge is 0.146 e. The van der Waals surface area contributed by atoms with Gasteiger partial charge in [-0.25, -0.2) is 4.98 Å². The predicted molar refractivity (Wildman–Crippen MR) is 73.6 cm³/mol. The van der Waals surface area contributed by atoms with Crippen LogP contribution in [0.25, 0.3) is 11.0 Å². The van der Waals surface area contributed by atoms with Gasteiger partial charge in [-0.2, -0.15) is 0 Å². The SMILES string of the molecule is CC.Cc1nc2cc(Br)cc3c2n1CCCO3. The molecule has 1 aliphatic rings. The van der Waals surface area contributed by atoms with Crippen molar-refractivity contribution in [3.05, 3.63) is 22.4 Å². The lowest BCUT2D eigenvalue weighted by molar-refractivity contribution is 0.315. The number of benzene rings is 1. The van der Waals surface area contributed by atoms with Gasteiger partial charge in [-0.15, -0.1) is 0 Å². The molecule has 0 spiro atoms. The number of halogens is 1. The summed E-state index contributed by atoms with van der Waals surface area (Å²) in [5, 5.41) is 0. The molecule has 2 heterocycles. The minimum absolute atomic E-state index is 0.784. The molecular weight excluding hydrogens is 280 g/mol. The van der Waals surface area contributed by atoms with E-state index in [1.807, 2.05) is 32.9 Å². The van der Waals surface area contributed by atoms with E-state index in [2.05, 4.69) is 25.5 Å². The van der Waals surface area contributed by atoms with Gasteiger partial charge in [-0.3, -0.25) is 0 Å². The fourth-order valence-electron chi connectivity index (χ4n) is 2.10. The van der Waals surface area contributed by atoms with Crippen molar-refractivity contribution in [1.82, 2.24) is 9.55 Å². The van der Waals surface area contributed by atoms with Crippen molar-refractivity contribution >= 4 is 27.0 Å². The first-order valence-corrected chi connectivity index (χ1v) is 6.84. The zero-order valence-corrected chi connectivity index (χ0v) is 12.0. The monoisotopic (exact) mass is 296 g/mol. The van der Waals surface area contributed by atoms with Gasteiger partial charge in [0.2, 0.25) is 0 Å². The Hall–Kier alpha value is -1.03. The number of hydrogen-bond acceptors (Lipinski definition) is 2. The summed E-state index contributed by atoms with van der Waals surface area (Å²) in [5.74, 6) is 2.01. The van der Waals surface area contributed by atoms with Crippen molar-refractivity contribution in [3.63, 3.8) is 0 Å². The minimum atomic E-state index is 0.784. The Morgan fingerprint density at radius 1 is 1.35 bits per heavy atom. The number of imidazole rings is 1. The summed E-state index contributed by atoms with van der Waals surface area (Å²) in [4.78, 5) is 4.54. The molecule has 17 heavy (non-hydrogen) atoms. The Morgan fingerprint density at radius 2 is 2.12 bits per heavy atom. The normalized spacial score (nSPS) is 13.6. The van der Waals surface area contributed by atoms with Crippen LogP contribution in [0.3, 0.4) is 0 Å². The number of nitrogens with zero attached hydrogens (tertiary/aromatic N) is 2. The van der Waals surface area contributed by atoms with Crippen LogP contribution in [-0.4, -0.2) is 16.2 Å². The van der Waals surface area contributed by atoms with E-state index in [9.17, 15) is 0 Å². The fraction of sp³-hybridized carbons (Fsp3) is 0.462. The lowest BCUT2D eigenvalue weighted by Gasteiger charge is -2.04. The van der Waals surface area contributed by atoms with Crippen LogP contribution in [0.1, 0.15) is 26.1 Å². The van der Waals surface area contributed by atoms with Crippen LogP contribution in [0.4, 0.5) is 0 Å². The first kappa shape index (κ1) is 12.4. The Labute approximate surface area is 110 Å². The average molecular weight is 297 g/mol. The van der Waals surface area contributed by atoms with Gasteiger partial charge in [0.25, 0.3) is 0 Å². The maximum Gasteiger partial charge on any atom is 0.146 e. The summed E-state index contributed by atoms with van der Waals surface area (Å²) in [6.45, 7) is 7.83. The van der Waals surface area contributed by atoms with Gasteiger partial charge < -0.3 is 9.30 Å². The largest absolute Gasteiger partial charge is 0.491 e. The molecule has 2 aromatic rings. The predicted octanol–water partition coefficient (Wildman–Crippen LogP) is 3.92. The maximum atomic E-state index is 5.72. The van der Waals surface area contributed by atoms with E-state index in [-0.39, 0.29) is 0 Å². The second kappa shape index (κ2) is 5.08. The van der Waals surface area contributed by atoms with E-state index >= 15 is 0 Å². The van der Waals surface area contributed by atoms with Gasteiger partial charge in [0.1, 0.15) is 17.1 Å². The van der Waals surface area contributed by atoms with Crippen molar-refractivity contribution in [1.29, 1.82) is 0 Å². The summed E-state index contributed by atoms with van der Waals surface area (Å²) >= 11 is 3.48. The molecule has 4 heteroatoms. The van der Waals surface area contributed by atoms with Crippen LogP contribution in [0.5, 0.6) is 5.75 Å². The van der Waals surface area contributed by atoms with Crippen LogP contribution < -0.4 is 4.74 Å².